The van der Waals surface area contributed by atoms with Gasteiger partial charge in [0, 0.05) is 30.7 Å². The predicted octanol–water partition coefficient (Wildman–Crippen LogP) is 0.561. The van der Waals surface area contributed by atoms with E-state index in [1.807, 2.05) is 30.5 Å². The van der Waals surface area contributed by atoms with Crippen LogP contribution < -0.4 is 4.72 Å². The van der Waals surface area contributed by atoms with E-state index in [0.717, 1.165) is 20.8 Å². The number of aromatic amines is 1. The Morgan fingerprint density at radius 2 is 2.10 bits per heavy atom. The second-order valence-corrected chi connectivity index (χ2v) is 6.52. The number of H-pyrrole nitrogens is 1. The predicted molar refractivity (Wildman–Crippen MR) is 79.2 cm³/mol. The molecule has 1 aromatic carbocycles. The summed E-state index contributed by atoms with van der Waals surface area (Å²) in [4.78, 5) is 13.6. The molecule has 0 aliphatic heterocycles. The molecule has 0 spiro atoms. The van der Waals surface area contributed by atoms with Crippen LogP contribution in [-0.2, 0) is 21.4 Å². The summed E-state index contributed by atoms with van der Waals surface area (Å²) in [6.45, 7) is -0.365. The Bertz CT molecular complexity index is 739. The van der Waals surface area contributed by atoms with Gasteiger partial charge in [-0.2, -0.15) is 12.7 Å². The van der Waals surface area contributed by atoms with Crippen molar-refractivity contribution in [3.8, 4) is 0 Å². The number of aliphatic carboxylic acids is 1. The number of carbonyl (C=O) groups is 1. The van der Waals surface area contributed by atoms with Gasteiger partial charge in [0.1, 0.15) is 6.54 Å². The molecule has 0 atom stereocenters. The van der Waals surface area contributed by atoms with Gasteiger partial charge in [-0.05, 0) is 18.1 Å². The van der Waals surface area contributed by atoms with Crippen LogP contribution in [-0.4, -0.2) is 48.9 Å². The van der Waals surface area contributed by atoms with Crippen LogP contribution in [0, 0.1) is 0 Å². The molecular weight excluding hydrogens is 294 g/mol. The molecule has 0 saturated heterocycles. The highest BCUT2D eigenvalue weighted by Gasteiger charge is 2.19. The summed E-state index contributed by atoms with van der Waals surface area (Å²) < 4.78 is 26.8. The lowest BCUT2D eigenvalue weighted by molar-refractivity contribution is -0.137. The summed E-state index contributed by atoms with van der Waals surface area (Å²) >= 11 is 0. The molecule has 114 valence electrons. The molecule has 21 heavy (non-hydrogen) atoms. The first-order valence-electron chi connectivity index (χ1n) is 6.38. The third-order valence-corrected chi connectivity index (χ3v) is 4.64. The number of likely N-dealkylation sites (N-methyl/N-ethyl adjacent to an activating group) is 1. The fourth-order valence-corrected chi connectivity index (χ4v) is 2.90. The molecule has 2 aromatic rings. The highest BCUT2D eigenvalue weighted by Crippen LogP contribution is 2.17. The second kappa shape index (κ2) is 6.25. The summed E-state index contributed by atoms with van der Waals surface area (Å²) in [6, 6.07) is 7.76. The molecule has 0 amide bonds. The number of nitrogens with zero attached hydrogens (tertiary/aromatic N) is 1. The van der Waals surface area contributed by atoms with Crippen molar-refractivity contribution >= 4 is 27.1 Å². The standard InChI is InChI=1S/C13H17N3O4S/c1-16(9-13(17)18)21(19,20)15-7-6-10-8-14-12-5-3-2-4-11(10)12/h2-5,8,14-15H,6-7,9H2,1H3,(H,17,18). The SMILES string of the molecule is CN(CC(=O)O)S(=O)(=O)NCCc1c[nH]c2ccccc12. The maximum atomic E-state index is 11.8. The number of aromatic nitrogens is 1. The number of nitrogens with one attached hydrogen (secondary N) is 2. The lowest BCUT2D eigenvalue weighted by Gasteiger charge is -2.15. The van der Waals surface area contributed by atoms with Gasteiger partial charge in [-0.1, -0.05) is 18.2 Å². The topological polar surface area (TPSA) is 102 Å². The van der Waals surface area contributed by atoms with Gasteiger partial charge in [0.15, 0.2) is 0 Å². The monoisotopic (exact) mass is 311 g/mol. The third-order valence-electron chi connectivity index (χ3n) is 3.12. The number of carboxylic acid groups (broad SMARTS) is 1. The lowest BCUT2D eigenvalue weighted by atomic mass is 10.1. The van der Waals surface area contributed by atoms with Crippen molar-refractivity contribution in [3.05, 3.63) is 36.0 Å². The normalized spacial score (nSPS) is 12.1. The van der Waals surface area contributed by atoms with Crippen LogP contribution in [0.15, 0.2) is 30.5 Å². The Kier molecular flexibility index (Phi) is 4.61. The molecule has 1 aromatic heterocycles. The maximum absolute atomic E-state index is 11.8. The van der Waals surface area contributed by atoms with Crippen molar-refractivity contribution in [3.63, 3.8) is 0 Å². The van der Waals surface area contributed by atoms with E-state index in [1.54, 1.807) is 0 Å². The third kappa shape index (κ3) is 3.81. The first kappa shape index (κ1) is 15.5. The van der Waals surface area contributed by atoms with Gasteiger partial charge in [-0.15, -0.1) is 0 Å². The molecule has 3 N–H and O–H groups in total. The van der Waals surface area contributed by atoms with Gasteiger partial charge in [0.2, 0.25) is 0 Å². The fourth-order valence-electron chi connectivity index (χ4n) is 2.04. The van der Waals surface area contributed by atoms with Gasteiger partial charge in [0.25, 0.3) is 10.2 Å². The summed E-state index contributed by atoms with van der Waals surface area (Å²) in [6.07, 6.45) is 2.37. The highest BCUT2D eigenvalue weighted by molar-refractivity contribution is 7.87. The van der Waals surface area contributed by atoms with Crippen LogP contribution in [0.1, 0.15) is 5.56 Å². The zero-order chi connectivity index (χ0) is 15.5. The van der Waals surface area contributed by atoms with Crippen molar-refractivity contribution < 1.29 is 18.3 Å². The van der Waals surface area contributed by atoms with Crippen LogP contribution in [0.5, 0.6) is 0 Å². The van der Waals surface area contributed by atoms with E-state index < -0.39 is 22.7 Å². The summed E-state index contributed by atoms with van der Waals surface area (Å²) in [7, 11) is -2.55. The average molecular weight is 311 g/mol. The minimum atomic E-state index is -3.77. The van der Waals surface area contributed by atoms with Crippen molar-refractivity contribution in [2.45, 2.75) is 6.42 Å². The summed E-state index contributed by atoms with van der Waals surface area (Å²) in [5, 5.41) is 9.65. The Morgan fingerprint density at radius 1 is 1.38 bits per heavy atom. The minimum absolute atomic E-state index is 0.203. The van der Waals surface area contributed by atoms with Gasteiger partial charge < -0.3 is 10.1 Å². The van der Waals surface area contributed by atoms with Crippen LogP contribution in [0.25, 0.3) is 10.9 Å². The van der Waals surface area contributed by atoms with Crippen molar-refractivity contribution in [2.24, 2.45) is 0 Å². The molecule has 0 saturated carbocycles. The van der Waals surface area contributed by atoms with Gasteiger partial charge >= 0.3 is 5.97 Å². The zero-order valence-electron chi connectivity index (χ0n) is 11.5. The Balaban J connectivity index is 1.96. The van der Waals surface area contributed by atoms with Gasteiger partial charge in [0.05, 0.1) is 0 Å². The van der Waals surface area contributed by atoms with Crippen LogP contribution in [0.2, 0.25) is 0 Å². The van der Waals surface area contributed by atoms with Gasteiger partial charge in [-0.3, -0.25) is 4.79 Å². The molecule has 8 heteroatoms. The smallest absolute Gasteiger partial charge is 0.318 e. The van der Waals surface area contributed by atoms with Crippen molar-refractivity contribution in [2.75, 3.05) is 20.1 Å². The fraction of sp³-hybridized carbons (Fsp3) is 0.308. The molecule has 1 heterocycles. The molecular formula is C13H17N3O4S. The number of benzene rings is 1. The maximum Gasteiger partial charge on any atom is 0.318 e. The number of carboxylic acids is 1. The van der Waals surface area contributed by atoms with E-state index in [1.165, 1.54) is 7.05 Å². The van der Waals surface area contributed by atoms with E-state index in [4.69, 9.17) is 5.11 Å². The van der Waals surface area contributed by atoms with E-state index in [9.17, 15) is 13.2 Å². The van der Waals surface area contributed by atoms with Crippen LogP contribution in [0.3, 0.4) is 0 Å². The van der Waals surface area contributed by atoms with E-state index in [2.05, 4.69) is 9.71 Å². The van der Waals surface area contributed by atoms with Crippen LogP contribution >= 0.6 is 0 Å². The number of hydrogen-bond acceptors (Lipinski definition) is 3. The highest BCUT2D eigenvalue weighted by atomic mass is 32.2. The number of para-hydroxylation sites is 1. The van der Waals surface area contributed by atoms with Crippen molar-refractivity contribution in [1.82, 2.24) is 14.0 Å². The number of fused-ring (bicyclic) bond motifs is 1. The van der Waals surface area contributed by atoms with E-state index >= 15 is 0 Å². The summed E-state index contributed by atoms with van der Waals surface area (Å²) in [5.41, 5.74) is 2.01. The molecule has 0 aliphatic rings. The second-order valence-electron chi connectivity index (χ2n) is 4.66. The Morgan fingerprint density at radius 3 is 2.81 bits per heavy atom. The molecule has 2 rings (SSSR count). The van der Waals surface area contributed by atoms with Crippen LogP contribution in [0.4, 0.5) is 0 Å². The molecule has 0 bridgehead atoms. The average Bonchev–Trinajstić information content (AvgIpc) is 2.81. The zero-order valence-corrected chi connectivity index (χ0v) is 12.4. The van der Waals surface area contributed by atoms with Gasteiger partial charge in [-0.25, -0.2) is 4.72 Å². The van der Waals surface area contributed by atoms with E-state index in [-0.39, 0.29) is 6.54 Å². The molecule has 7 nitrogen and oxygen atoms in total. The molecule has 0 fully saturated rings. The molecule has 0 radical (unpaired) electrons. The first-order valence-corrected chi connectivity index (χ1v) is 7.82. The molecule has 0 unspecified atom stereocenters. The first-order chi connectivity index (χ1) is 9.90. The lowest BCUT2D eigenvalue weighted by Crippen LogP contribution is -2.41. The number of hydrogen-bond donors (Lipinski definition) is 3. The van der Waals surface area contributed by atoms with E-state index in [0.29, 0.717) is 6.42 Å². The quantitative estimate of drug-likeness (QED) is 0.695. The Labute approximate surface area is 122 Å². The summed E-state index contributed by atoms with van der Waals surface area (Å²) in [5.74, 6) is -1.19. The number of rotatable bonds is 7. The minimum Gasteiger partial charge on any atom is -0.480 e. The van der Waals surface area contributed by atoms with Crippen molar-refractivity contribution in [1.29, 1.82) is 0 Å². The largest absolute Gasteiger partial charge is 0.480 e. The Hall–Kier alpha value is -1.90. The molecule has 0 aliphatic carbocycles.